The third-order valence-electron chi connectivity index (χ3n) is 2.12. The zero-order valence-corrected chi connectivity index (χ0v) is 8.43. The Bertz CT molecular complexity index is 519. The fraction of sp³-hybridized carbons (Fsp3) is 0.100. The zero-order valence-electron chi connectivity index (χ0n) is 7.61. The third kappa shape index (κ3) is 1.46. The van der Waals surface area contributed by atoms with Gasteiger partial charge in [0.1, 0.15) is 11.3 Å². The van der Waals surface area contributed by atoms with Crippen LogP contribution in [0.15, 0.2) is 33.5 Å². The number of hydrogen-bond donors (Lipinski definition) is 1. The van der Waals surface area contributed by atoms with Crippen LogP contribution in [0, 0.1) is 6.92 Å². The number of fused-ring (bicyclic) bond motifs is 1. The van der Waals surface area contributed by atoms with Crippen LogP contribution in [0.2, 0.25) is 0 Å². The van der Waals surface area contributed by atoms with Gasteiger partial charge in [0.25, 0.3) is 0 Å². The number of aryl methyl sites for hydroxylation is 1. The molecule has 0 spiro atoms. The number of halogens is 1. The Morgan fingerprint density at radius 1 is 1.29 bits per heavy atom. The van der Waals surface area contributed by atoms with Crippen molar-refractivity contribution < 1.29 is 4.42 Å². The Kier molecular flexibility index (Phi) is 2.81. The summed E-state index contributed by atoms with van der Waals surface area (Å²) in [6, 6.07) is 7.34. The molecule has 2 rings (SSSR count). The van der Waals surface area contributed by atoms with Gasteiger partial charge < -0.3 is 10.2 Å². The van der Waals surface area contributed by atoms with Gasteiger partial charge in [0.15, 0.2) is 0 Å². The molecular weight excluding hydrogens is 202 g/mol. The zero-order chi connectivity index (χ0) is 9.42. The minimum absolute atomic E-state index is 0. The molecule has 0 aliphatic rings. The highest BCUT2D eigenvalue weighted by Gasteiger charge is 2.06. The maximum Gasteiger partial charge on any atom is 0.359 e. The number of rotatable bonds is 0. The third-order valence-corrected chi connectivity index (χ3v) is 2.12. The molecule has 0 radical (unpaired) electrons. The molecule has 0 aliphatic carbocycles. The van der Waals surface area contributed by atoms with Crippen LogP contribution < -0.4 is 11.4 Å². The van der Waals surface area contributed by atoms with Gasteiger partial charge in [-0.2, -0.15) is 0 Å². The van der Waals surface area contributed by atoms with Crippen LogP contribution in [-0.4, -0.2) is 0 Å². The molecule has 0 saturated carbocycles. The molecule has 0 aliphatic heterocycles. The van der Waals surface area contributed by atoms with Crippen LogP contribution in [0.5, 0.6) is 0 Å². The second-order valence-corrected chi connectivity index (χ2v) is 2.92. The SMILES string of the molecule is Cc1c(N)c(=O)oc2ccccc12.Cl. The number of nitrogens with two attached hydrogens (primary N) is 1. The molecule has 0 atom stereocenters. The van der Waals surface area contributed by atoms with Gasteiger partial charge in [0.05, 0.1) is 0 Å². The molecule has 3 nitrogen and oxygen atoms in total. The van der Waals surface area contributed by atoms with Crippen molar-refractivity contribution in [2.75, 3.05) is 5.73 Å². The molecule has 1 heterocycles. The van der Waals surface area contributed by atoms with Gasteiger partial charge in [0, 0.05) is 5.39 Å². The second-order valence-electron chi connectivity index (χ2n) is 2.92. The lowest BCUT2D eigenvalue weighted by Crippen LogP contribution is -2.08. The van der Waals surface area contributed by atoms with E-state index in [0.717, 1.165) is 10.9 Å². The number of hydrogen-bond acceptors (Lipinski definition) is 3. The van der Waals surface area contributed by atoms with Gasteiger partial charge in [0.2, 0.25) is 0 Å². The van der Waals surface area contributed by atoms with Gasteiger partial charge in [-0.1, -0.05) is 18.2 Å². The molecule has 74 valence electrons. The lowest BCUT2D eigenvalue weighted by atomic mass is 10.1. The van der Waals surface area contributed by atoms with Gasteiger partial charge in [-0.25, -0.2) is 4.79 Å². The Morgan fingerprint density at radius 2 is 1.93 bits per heavy atom. The van der Waals surface area contributed by atoms with Crippen molar-refractivity contribution >= 4 is 29.1 Å². The molecule has 1 aromatic carbocycles. The molecule has 0 bridgehead atoms. The van der Waals surface area contributed by atoms with Gasteiger partial charge in [-0.15, -0.1) is 12.4 Å². The highest BCUT2D eigenvalue weighted by Crippen LogP contribution is 2.19. The van der Waals surface area contributed by atoms with E-state index < -0.39 is 5.63 Å². The lowest BCUT2D eigenvalue weighted by Gasteiger charge is -2.01. The summed E-state index contributed by atoms with van der Waals surface area (Å²) in [5, 5.41) is 0.889. The van der Waals surface area contributed by atoms with Crippen LogP contribution in [-0.2, 0) is 0 Å². The van der Waals surface area contributed by atoms with E-state index in [2.05, 4.69) is 0 Å². The van der Waals surface area contributed by atoms with Crippen molar-refractivity contribution in [3.8, 4) is 0 Å². The second kappa shape index (κ2) is 3.72. The number of para-hydroxylation sites is 1. The Hall–Kier alpha value is -1.48. The van der Waals surface area contributed by atoms with Crippen molar-refractivity contribution in [1.29, 1.82) is 0 Å². The number of anilines is 1. The Balaban J connectivity index is 0.000000980. The molecule has 0 unspecified atom stereocenters. The maximum absolute atomic E-state index is 11.2. The Labute approximate surface area is 86.9 Å². The molecule has 0 saturated heterocycles. The average molecular weight is 212 g/mol. The molecule has 2 aromatic rings. The van der Waals surface area contributed by atoms with Gasteiger partial charge in [-0.3, -0.25) is 0 Å². The predicted octanol–water partition coefficient (Wildman–Crippen LogP) is 2.11. The quantitative estimate of drug-likeness (QED) is 0.679. The van der Waals surface area contributed by atoms with E-state index in [9.17, 15) is 4.79 Å². The lowest BCUT2D eigenvalue weighted by molar-refractivity contribution is 0.563. The van der Waals surface area contributed by atoms with E-state index in [4.69, 9.17) is 10.2 Å². The van der Waals surface area contributed by atoms with Crippen LogP contribution in [0.3, 0.4) is 0 Å². The van der Waals surface area contributed by atoms with Crippen LogP contribution >= 0.6 is 12.4 Å². The van der Waals surface area contributed by atoms with Crippen molar-refractivity contribution in [3.05, 3.63) is 40.2 Å². The number of benzene rings is 1. The summed E-state index contributed by atoms with van der Waals surface area (Å²) >= 11 is 0. The molecule has 0 amide bonds. The summed E-state index contributed by atoms with van der Waals surface area (Å²) in [6.45, 7) is 1.81. The summed E-state index contributed by atoms with van der Waals surface area (Å²) in [4.78, 5) is 11.2. The molecular formula is C10H10ClNO2. The first kappa shape index (κ1) is 10.6. The smallest absolute Gasteiger partial charge is 0.359 e. The summed E-state index contributed by atoms with van der Waals surface area (Å²) < 4.78 is 4.99. The standard InChI is InChI=1S/C10H9NO2.ClH/c1-6-7-4-2-3-5-8(7)13-10(12)9(6)11;/h2-5H,11H2,1H3;1H. The maximum atomic E-state index is 11.2. The first-order chi connectivity index (χ1) is 6.20. The highest BCUT2D eigenvalue weighted by molar-refractivity contribution is 5.85. The largest absolute Gasteiger partial charge is 0.421 e. The van der Waals surface area contributed by atoms with E-state index in [1.54, 1.807) is 6.07 Å². The molecule has 14 heavy (non-hydrogen) atoms. The topological polar surface area (TPSA) is 56.2 Å². The molecule has 2 N–H and O–H groups in total. The predicted molar refractivity (Wildman–Crippen MR) is 58.9 cm³/mol. The van der Waals surface area contributed by atoms with Crippen LogP contribution in [0.1, 0.15) is 5.56 Å². The van der Waals surface area contributed by atoms with Gasteiger partial charge >= 0.3 is 5.63 Å². The van der Waals surface area contributed by atoms with Crippen LogP contribution in [0.25, 0.3) is 11.0 Å². The van der Waals surface area contributed by atoms with E-state index in [-0.39, 0.29) is 18.1 Å². The van der Waals surface area contributed by atoms with Crippen molar-refractivity contribution in [2.24, 2.45) is 0 Å². The van der Waals surface area contributed by atoms with E-state index in [1.165, 1.54) is 0 Å². The number of nitrogen functional groups attached to an aromatic ring is 1. The van der Waals surface area contributed by atoms with E-state index in [1.807, 2.05) is 25.1 Å². The van der Waals surface area contributed by atoms with Crippen LogP contribution in [0.4, 0.5) is 5.69 Å². The monoisotopic (exact) mass is 211 g/mol. The van der Waals surface area contributed by atoms with E-state index in [0.29, 0.717) is 5.58 Å². The highest BCUT2D eigenvalue weighted by atomic mass is 35.5. The first-order valence-electron chi connectivity index (χ1n) is 3.98. The fourth-order valence-corrected chi connectivity index (χ4v) is 1.32. The molecule has 1 aromatic heterocycles. The first-order valence-corrected chi connectivity index (χ1v) is 3.98. The normalized spacial score (nSPS) is 9.79. The average Bonchev–Trinajstić information content (AvgIpc) is 2.15. The molecule has 4 heteroatoms. The summed E-state index contributed by atoms with van der Waals surface area (Å²) in [6.07, 6.45) is 0. The minimum Gasteiger partial charge on any atom is -0.421 e. The summed E-state index contributed by atoms with van der Waals surface area (Å²) in [5.41, 5.74) is 6.64. The van der Waals surface area contributed by atoms with Crippen molar-refractivity contribution in [2.45, 2.75) is 6.92 Å². The summed E-state index contributed by atoms with van der Waals surface area (Å²) in [7, 11) is 0. The van der Waals surface area contributed by atoms with Crippen molar-refractivity contribution in [1.82, 2.24) is 0 Å². The van der Waals surface area contributed by atoms with Gasteiger partial charge in [-0.05, 0) is 18.6 Å². The molecule has 0 fully saturated rings. The minimum atomic E-state index is -0.462. The van der Waals surface area contributed by atoms with E-state index >= 15 is 0 Å². The summed E-state index contributed by atoms with van der Waals surface area (Å²) in [5.74, 6) is 0. The fourth-order valence-electron chi connectivity index (χ4n) is 1.32. The van der Waals surface area contributed by atoms with Crippen molar-refractivity contribution in [3.63, 3.8) is 0 Å². The Morgan fingerprint density at radius 3 is 2.64 bits per heavy atom.